The molecule has 1 saturated carbocycles. The lowest BCUT2D eigenvalue weighted by Crippen LogP contribution is -2.19. The summed E-state index contributed by atoms with van der Waals surface area (Å²) in [7, 11) is 0. The number of aliphatic hydroxyl groups excluding tert-OH is 2. The maximum atomic E-state index is 11.1. The van der Waals surface area contributed by atoms with Crippen molar-refractivity contribution in [3.63, 3.8) is 0 Å². The number of amides is 1. The molecule has 0 saturated heterocycles. The van der Waals surface area contributed by atoms with E-state index in [2.05, 4.69) is 11.8 Å². The summed E-state index contributed by atoms with van der Waals surface area (Å²) in [4.78, 5) is 11.1. The highest BCUT2D eigenvalue weighted by Crippen LogP contribution is 2.52. The Morgan fingerprint density at radius 2 is 2.25 bits per heavy atom. The maximum absolute atomic E-state index is 11.1. The smallest absolute Gasteiger partial charge is 0.217 e. The van der Waals surface area contributed by atoms with E-state index < -0.39 is 12.2 Å². The molecule has 3 rings (SSSR count). The maximum Gasteiger partial charge on any atom is 0.217 e. The van der Waals surface area contributed by atoms with Crippen LogP contribution in [0.3, 0.4) is 0 Å². The molecular formula is C23H29NO4. The summed E-state index contributed by atoms with van der Waals surface area (Å²) in [5, 5.41) is 20.9. The van der Waals surface area contributed by atoms with Crippen LogP contribution >= 0.6 is 0 Å². The third-order valence-corrected chi connectivity index (χ3v) is 5.84. The molecule has 0 radical (unpaired) electrons. The Labute approximate surface area is 166 Å². The number of benzene rings is 1. The monoisotopic (exact) mass is 383 g/mol. The van der Waals surface area contributed by atoms with Gasteiger partial charge in [-0.1, -0.05) is 37.3 Å². The van der Waals surface area contributed by atoms with Crippen molar-refractivity contribution in [3.8, 4) is 17.6 Å². The second-order valence-electron chi connectivity index (χ2n) is 7.85. The van der Waals surface area contributed by atoms with Crippen molar-refractivity contribution in [2.24, 2.45) is 17.6 Å². The molecule has 1 amide bonds. The van der Waals surface area contributed by atoms with E-state index in [0.717, 1.165) is 16.9 Å². The zero-order chi connectivity index (χ0) is 20.3. The van der Waals surface area contributed by atoms with Gasteiger partial charge < -0.3 is 20.7 Å². The van der Waals surface area contributed by atoms with E-state index in [1.165, 1.54) is 0 Å². The predicted molar refractivity (Wildman–Crippen MR) is 108 cm³/mol. The molecule has 150 valence electrons. The lowest BCUT2D eigenvalue weighted by atomic mass is 9.86. The van der Waals surface area contributed by atoms with Gasteiger partial charge in [0, 0.05) is 36.7 Å². The average molecular weight is 383 g/mol. The molecule has 1 aliphatic carbocycles. The first-order valence-electron chi connectivity index (χ1n) is 9.93. The number of rotatable bonds is 7. The largest absolute Gasteiger partial charge is 0.489 e. The summed E-state index contributed by atoms with van der Waals surface area (Å²) >= 11 is 0. The number of ether oxygens (including phenoxy) is 1. The molecule has 0 aromatic heterocycles. The van der Waals surface area contributed by atoms with Crippen LogP contribution < -0.4 is 10.5 Å². The number of aliphatic hydroxyl groups is 2. The van der Waals surface area contributed by atoms with Gasteiger partial charge in [0.15, 0.2) is 0 Å². The zero-order valence-corrected chi connectivity index (χ0v) is 16.5. The topological polar surface area (TPSA) is 92.8 Å². The fraction of sp³-hybridized carbons (Fsp3) is 0.522. The molecule has 0 unspecified atom stereocenters. The highest BCUT2D eigenvalue weighted by atomic mass is 16.5. The van der Waals surface area contributed by atoms with Crippen LogP contribution in [0.25, 0.3) is 0 Å². The Balaban J connectivity index is 1.78. The number of fused-ring (bicyclic) bond motifs is 3. The van der Waals surface area contributed by atoms with E-state index in [0.29, 0.717) is 19.3 Å². The summed E-state index contributed by atoms with van der Waals surface area (Å²) in [6, 6.07) is 5.96. The molecule has 1 aliphatic heterocycles. The number of aryl methyl sites for hydroxylation is 1. The molecule has 5 nitrogen and oxygen atoms in total. The molecule has 1 heterocycles. The summed E-state index contributed by atoms with van der Waals surface area (Å²) in [6.45, 7) is 3.76. The number of hydrogen-bond donors (Lipinski definition) is 3. The minimum atomic E-state index is -0.601. The lowest BCUT2D eigenvalue weighted by Gasteiger charge is -2.19. The number of carbonyl (C=O) groups is 1. The van der Waals surface area contributed by atoms with Crippen LogP contribution in [0.15, 0.2) is 30.4 Å². The van der Waals surface area contributed by atoms with Gasteiger partial charge in [0.05, 0.1) is 12.2 Å². The number of carbonyl (C=O) groups excluding carboxylic acids is 1. The number of para-hydroxylation sites is 1. The molecule has 1 aromatic rings. The first-order chi connectivity index (χ1) is 13.4. The SMILES string of the molecule is CC#CC[C@@H](C)[C@H](O)/C=C/[C@@H]1[C@H]2c3cccc(CCC(N)=O)c3O[C@H]2C[C@H]1O. The van der Waals surface area contributed by atoms with Crippen LogP contribution in [0, 0.1) is 23.7 Å². The fourth-order valence-electron chi connectivity index (χ4n) is 4.24. The van der Waals surface area contributed by atoms with E-state index in [-0.39, 0.29) is 36.2 Å². The summed E-state index contributed by atoms with van der Waals surface area (Å²) in [5.74, 6) is 6.31. The number of hydrogen-bond acceptors (Lipinski definition) is 4. The Kier molecular flexibility index (Phi) is 6.43. The minimum absolute atomic E-state index is 0.0329. The van der Waals surface area contributed by atoms with Gasteiger partial charge in [-0.05, 0) is 24.8 Å². The Bertz CT molecular complexity index is 807. The molecule has 0 bridgehead atoms. The number of primary amides is 1. The molecule has 5 heteroatoms. The average Bonchev–Trinajstić information content (AvgIpc) is 3.17. The second-order valence-corrected chi connectivity index (χ2v) is 7.85. The quantitative estimate of drug-likeness (QED) is 0.498. The van der Waals surface area contributed by atoms with Crippen molar-refractivity contribution in [2.45, 2.75) is 63.8 Å². The van der Waals surface area contributed by atoms with E-state index in [1.807, 2.05) is 31.2 Å². The van der Waals surface area contributed by atoms with Crippen molar-refractivity contribution in [1.29, 1.82) is 0 Å². The van der Waals surface area contributed by atoms with Gasteiger partial charge in [-0.2, -0.15) is 0 Å². The highest BCUT2D eigenvalue weighted by Gasteiger charge is 2.48. The number of nitrogens with two attached hydrogens (primary N) is 1. The van der Waals surface area contributed by atoms with Gasteiger partial charge in [-0.15, -0.1) is 11.8 Å². The molecule has 28 heavy (non-hydrogen) atoms. The first kappa shape index (κ1) is 20.4. The van der Waals surface area contributed by atoms with Crippen LogP contribution in [-0.4, -0.2) is 34.4 Å². The minimum Gasteiger partial charge on any atom is -0.489 e. The van der Waals surface area contributed by atoms with Gasteiger partial charge >= 0.3 is 0 Å². The van der Waals surface area contributed by atoms with Crippen LogP contribution in [0.2, 0.25) is 0 Å². The van der Waals surface area contributed by atoms with Gasteiger partial charge in [-0.3, -0.25) is 4.79 Å². The molecular weight excluding hydrogens is 354 g/mol. The van der Waals surface area contributed by atoms with Gasteiger partial charge in [0.1, 0.15) is 11.9 Å². The third kappa shape index (κ3) is 4.24. The van der Waals surface area contributed by atoms with Crippen molar-refractivity contribution in [2.75, 3.05) is 0 Å². The standard InChI is InChI=1S/C23H29NO4/c1-3-4-6-14(2)18(25)11-10-16-19(26)13-20-22(16)17-8-5-7-15(23(17)28-20)9-12-21(24)27/h5,7-8,10-11,14,16,18-20,22,25-26H,6,9,12-13H2,1-2H3,(H2,24,27)/b11-10+/t14-,16+,18-,19-,20+,22+/m1/s1. The zero-order valence-electron chi connectivity index (χ0n) is 16.5. The molecule has 2 aliphatic rings. The highest BCUT2D eigenvalue weighted by molar-refractivity contribution is 5.74. The first-order valence-corrected chi connectivity index (χ1v) is 9.93. The van der Waals surface area contributed by atoms with Crippen molar-refractivity contribution >= 4 is 5.91 Å². The van der Waals surface area contributed by atoms with Gasteiger partial charge in [0.25, 0.3) is 0 Å². The van der Waals surface area contributed by atoms with Gasteiger partial charge in [-0.25, -0.2) is 0 Å². The summed E-state index contributed by atoms with van der Waals surface area (Å²) in [5.41, 5.74) is 7.33. The summed E-state index contributed by atoms with van der Waals surface area (Å²) < 4.78 is 6.18. The molecule has 1 aromatic carbocycles. The molecule has 4 N–H and O–H groups in total. The molecule has 0 spiro atoms. The third-order valence-electron chi connectivity index (χ3n) is 5.84. The lowest BCUT2D eigenvalue weighted by molar-refractivity contribution is -0.117. The Hall–Kier alpha value is -2.29. The predicted octanol–water partition coefficient (Wildman–Crippen LogP) is 2.30. The van der Waals surface area contributed by atoms with Gasteiger partial charge in [0.2, 0.25) is 5.91 Å². The van der Waals surface area contributed by atoms with E-state index >= 15 is 0 Å². The molecule has 1 fully saturated rings. The van der Waals surface area contributed by atoms with Crippen molar-refractivity contribution < 1.29 is 19.7 Å². The Morgan fingerprint density at radius 1 is 1.46 bits per heavy atom. The van der Waals surface area contributed by atoms with E-state index in [9.17, 15) is 15.0 Å². The van der Waals surface area contributed by atoms with Crippen molar-refractivity contribution in [1.82, 2.24) is 0 Å². The molecule has 6 atom stereocenters. The van der Waals surface area contributed by atoms with Crippen LogP contribution in [0.4, 0.5) is 0 Å². The van der Waals surface area contributed by atoms with E-state index in [1.54, 1.807) is 13.0 Å². The van der Waals surface area contributed by atoms with E-state index in [4.69, 9.17) is 10.5 Å². The summed E-state index contributed by atoms with van der Waals surface area (Å²) in [6.07, 6.45) is 4.55. The fourth-order valence-corrected chi connectivity index (χ4v) is 4.24. The normalized spacial score (nSPS) is 27.4. The Morgan fingerprint density at radius 3 is 2.96 bits per heavy atom. The second kappa shape index (κ2) is 8.81. The van der Waals surface area contributed by atoms with Crippen LogP contribution in [0.5, 0.6) is 5.75 Å². The van der Waals surface area contributed by atoms with Crippen LogP contribution in [-0.2, 0) is 11.2 Å². The van der Waals surface area contributed by atoms with Crippen molar-refractivity contribution in [3.05, 3.63) is 41.5 Å². The van der Waals surface area contributed by atoms with Crippen LogP contribution in [0.1, 0.15) is 50.2 Å².